The molecule has 9 heteroatoms. The Bertz CT molecular complexity index is 1380. The Hall–Kier alpha value is -3.43. The second-order valence-electron chi connectivity index (χ2n) is 10.1. The number of rotatable bonds is 10. The lowest BCUT2D eigenvalue weighted by Crippen LogP contribution is -2.55. The van der Waals surface area contributed by atoms with Gasteiger partial charge in [0.25, 0.3) is 0 Å². The molecule has 2 aromatic heterocycles. The second-order valence-corrected chi connectivity index (χ2v) is 11.7. The van der Waals surface area contributed by atoms with Crippen LogP contribution in [0.5, 0.6) is 0 Å². The van der Waals surface area contributed by atoms with Crippen LogP contribution in [0.15, 0.2) is 65.6 Å². The zero-order valence-electron chi connectivity index (χ0n) is 22.5. The molecule has 0 amide bonds. The maximum absolute atomic E-state index is 13.3. The van der Waals surface area contributed by atoms with Crippen molar-refractivity contribution in [2.75, 3.05) is 25.1 Å². The normalized spacial score (nSPS) is 17.3. The van der Waals surface area contributed by atoms with Crippen LogP contribution in [0.4, 0.5) is 11.5 Å². The number of fused-ring (bicyclic) bond motifs is 1. The smallest absolute Gasteiger partial charge is 0.328 e. The van der Waals surface area contributed by atoms with Crippen LogP contribution in [0.3, 0.4) is 0 Å². The third-order valence-corrected chi connectivity index (χ3v) is 8.26. The first kappa shape index (κ1) is 27.1. The van der Waals surface area contributed by atoms with E-state index in [2.05, 4.69) is 34.4 Å². The van der Waals surface area contributed by atoms with Crippen molar-refractivity contribution in [3.63, 3.8) is 0 Å². The lowest BCUT2D eigenvalue weighted by Gasteiger charge is -2.47. The quantitative estimate of drug-likeness (QED) is 0.333. The van der Waals surface area contributed by atoms with Crippen molar-refractivity contribution < 1.29 is 19.1 Å². The number of allylic oxidation sites excluding steroid dienone is 2. The molecule has 1 atom stereocenters. The van der Waals surface area contributed by atoms with Gasteiger partial charge in [0.15, 0.2) is 5.78 Å². The third kappa shape index (κ3) is 5.65. The number of hydrogen-bond donors (Lipinski definition) is 2. The molecule has 1 spiro atoms. The molecule has 8 nitrogen and oxygen atoms in total. The number of hydrogen-bond acceptors (Lipinski definition) is 9. The van der Waals surface area contributed by atoms with E-state index in [1.165, 1.54) is 0 Å². The number of carbonyl (C=O) groups is 2. The molecule has 0 radical (unpaired) electrons. The van der Waals surface area contributed by atoms with Crippen molar-refractivity contribution in [1.82, 2.24) is 15.3 Å². The summed E-state index contributed by atoms with van der Waals surface area (Å²) in [7, 11) is 0. The zero-order chi connectivity index (χ0) is 27.4. The number of nitrogens with one attached hydrogen (secondary N) is 2. The molecule has 0 bridgehead atoms. The number of esters is 1. The van der Waals surface area contributed by atoms with E-state index < -0.39 is 11.5 Å². The van der Waals surface area contributed by atoms with E-state index in [1.807, 2.05) is 36.4 Å². The molecule has 1 aliphatic carbocycles. The van der Waals surface area contributed by atoms with Gasteiger partial charge in [-0.1, -0.05) is 26.0 Å². The molecule has 1 unspecified atom stereocenters. The van der Waals surface area contributed by atoms with Gasteiger partial charge >= 0.3 is 5.97 Å². The predicted octanol–water partition coefficient (Wildman–Crippen LogP) is 5.17. The lowest BCUT2D eigenvalue weighted by molar-refractivity contribution is -0.146. The molecular weight excluding hydrogens is 512 g/mol. The Morgan fingerprint density at radius 2 is 1.87 bits per heavy atom. The Balaban J connectivity index is 1.36. The first-order valence-electron chi connectivity index (χ1n) is 13.4. The van der Waals surface area contributed by atoms with Gasteiger partial charge in [-0.05, 0) is 55.0 Å². The highest BCUT2D eigenvalue weighted by Gasteiger charge is 2.55. The maximum Gasteiger partial charge on any atom is 0.328 e. The minimum absolute atomic E-state index is 0.169. The fourth-order valence-corrected chi connectivity index (χ4v) is 6.31. The number of Topliss-reactive ketones (excluding diaryl/α,β-unsaturated/α-hetero) is 1. The van der Waals surface area contributed by atoms with Crippen LogP contribution in [0, 0.1) is 5.41 Å². The molecule has 1 aromatic carbocycles. The minimum atomic E-state index is -0.611. The molecule has 204 valence electrons. The van der Waals surface area contributed by atoms with Crippen LogP contribution in [0.2, 0.25) is 0 Å². The van der Waals surface area contributed by atoms with E-state index in [4.69, 9.17) is 9.47 Å². The van der Waals surface area contributed by atoms with E-state index in [9.17, 15) is 9.59 Å². The number of ether oxygens (including phenoxy) is 2. The van der Waals surface area contributed by atoms with Crippen molar-refractivity contribution in [1.29, 1.82) is 0 Å². The van der Waals surface area contributed by atoms with Gasteiger partial charge in [0, 0.05) is 60.2 Å². The van der Waals surface area contributed by atoms with Gasteiger partial charge in [0.05, 0.1) is 16.9 Å². The Morgan fingerprint density at radius 1 is 1.13 bits per heavy atom. The summed E-state index contributed by atoms with van der Waals surface area (Å²) in [6.07, 6.45) is 7.02. The number of ketones is 1. The molecule has 39 heavy (non-hydrogen) atoms. The van der Waals surface area contributed by atoms with Crippen molar-refractivity contribution in [2.45, 2.75) is 51.3 Å². The van der Waals surface area contributed by atoms with Crippen molar-refractivity contribution in [2.24, 2.45) is 5.41 Å². The molecule has 3 heterocycles. The topological polar surface area (TPSA) is 102 Å². The predicted molar refractivity (Wildman–Crippen MR) is 154 cm³/mol. The van der Waals surface area contributed by atoms with Gasteiger partial charge in [-0.2, -0.15) is 0 Å². The Kier molecular flexibility index (Phi) is 8.18. The first-order chi connectivity index (χ1) is 18.9. The fourth-order valence-electron chi connectivity index (χ4n) is 5.16. The molecule has 0 saturated carbocycles. The van der Waals surface area contributed by atoms with Gasteiger partial charge < -0.3 is 20.1 Å². The number of thioether (sulfide) groups is 1. The molecule has 1 saturated heterocycles. The van der Waals surface area contributed by atoms with Crippen molar-refractivity contribution in [3.8, 4) is 0 Å². The number of aromatic nitrogens is 2. The van der Waals surface area contributed by atoms with Crippen LogP contribution in [-0.2, 0) is 25.5 Å². The maximum atomic E-state index is 13.3. The van der Waals surface area contributed by atoms with Crippen LogP contribution in [0.1, 0.15) is 39.2 Å². The number of benzene rings is 1. The summed E-state index contributed by atoms with van der Waals surface area (Å²) in [5.74, 6) is 0.579. The highest BCUT2D eigenvalue weighted by atomic mass is 32.2. The standard InChI is InChI=1S/C30H34N4O4S/c1-4-38-29(36)24(34-26-25(39-19(2)3)27(35)30(26)11-15-37-16-12-30)17-20-5-7-22(8-6-20)33-28-23-18-31-13-9-21(23)10-14-32-28/h5-10,13-14,18-19,24,34H,4,11-12,15-17H2,1-3H3,(H,32,33). The van der Waals surface area contributed by atoms with Crippen LogP contribution < -0.4 is 10.6 Å². The number of anilines is 2. The van der Waals surface area contributed by atoms with E-state index in [0.717, 1.165) is 38.4 Å². The average molecular weight is 547 g/mol. The molecule has 1 fully saturated rings. The third-order valence-electron chi connectivity index (χ3n) is 7.16. The summed E-state index contributed by atoms with van der Waals surface area (Å²) < 4.78 is 11.0. The zero-order valence-corrected chi connectivity index (χ0v) is 23.3. The van der Waals surface area contributed by atoms with E-state index in [1.54, 1.807) is 37.3 Å². The minimum Gasteiger partial charge on any atom is -0.464 e. The number of nitrogens with zero attached hydrogens (tertiary/aromatic N) is 2. The molecule has 2 N–H and O–H groups in total. The SMILES string of the molecule is CCOC(=O)C(Cc1ccc(Nc2nccc3ccncc23)cc1)NC1=C(SC(C)C)C(=O)C12CCOCC2. The fraction of sp³-hybridized carbons (Fsp3) is 0.400. The largest absolute Gasteiger partial charge is 0.464 e. The monoisotopic (exact) mass is 546 g/mol. The van der Waals surface area contributed by atoms with Crippen LogP contribution in [-0.4, -0.2) is 52.8 Å². The lowest BCUT2D eigenvalue weighted by atomic mass is 9.65. The molecule has 2 aliphatic rings. The molecule has 1 aliphatic heterocycles. The van der Waals surface area contributed by atoms with Gasteiger partial charge in [-0.15, -0.1) is 11.8 Å². The summed E-state index contributed by atoms with van der Waals surface area (Å²) in [6.45, 7) is 7.31. The van der Waals surface area contributed by atoms with Crippen molar-refractivity contribution in [3.05, 3.63) is 71.2 Å². The first-order valence-corrected chi connectivity index (χ1v) is 14.3. The molecule has 5 rings (SSSR count). The van der Waals surface area contributed by atoms with E-state index in [0.29, 0.717) is 32.5 Å². The summed E-state index contributed by atoms with van der Waals surface area (Å²) in [5.41, 5.74) is 2.15. The van der Waals surface area contributed by atoms with Gasteiger partial charge in [0.2, 0.25) is 0 Å². The van der Waals surface area contributed by atoms with Gasteiger partial charge in [-0.25, -0.2) is 9.78 Å². The second kappa shape index (κ2) is 11.8. The van der Waals surface area contributed by atoms with E-state index in [-0.39, 0.29) is 23.6 Å². The Morgan fingerprint density at radius 3 is 2.59 bits per heavy atom. The van der Waals surface area contributed by atoms with Crippen molar-refractivity contribution >= 4 is 45.8 Å². The molecule has 3 aromatic rings. The summed E-state index contributed by atoms with van der Waals surface area (Å²) in [5, 5.41) is 9.11. The summed E-state index contributed by atoms with van der Waals surface area (Å²) >= 11 is 1.56. The average Bonchev–Trinajstić information content (AvgIpc) is 2.95. The summed E-state index contributed by atoms with van der Waals surface area (Å²) in [4.78, 5) is 35.8. The highest BCUT2D eigenvalue weighted by molar-refractivity contribution is 8.04. The van der Waals surface area contributed by atoms with Gasteiger partial charge in [0.1, 0.15) is 11.9 Å². The van der Waals surface area contributed by atoms with E-state index >= 15 is 0 Å². The number of pyridine rings is 2. The molecular formula is C30H34N4O4S. The summed E-state index contributed by atoms with van der Waals surface area (Å²) in [6, 6.07) is 11.2. The van der Waals surface area contributed by atoms with Crippen LogP contribution in [0.25, 0.3) is 10.8 Å². The van der Waals surface area contributed by atoms with Crippen LogP contribution >= 0.6 is 11.8 Å². The van der Waals surface area contributed by atoms with Gasteiger partial charge in [-0.3, -0.25) is 9.78 Å². The Labute approximate surface area is 233 Å². The number of carbonyl (C=O) groups excluding carboxylic acids is 2. The highest BCUT2D eigenvalue weighted by Crippen LogP contribution is 2.53.